The van der Waals surface area contributed by atoms with Gasteiger partial charge in [0.1, 0.15) is 24.7 Å². The zero-order valence-corrected chi connectivity index (χ0v) is 14.5. The van der Waals surface area contributed by atoms with Crippen molar-refractivity contribution >= 4 is 5.91 Å². The molecule has 3 rings (SSSR count). The number of methoxy groups -OCH3 is 1. The molecule has 1 saturated heterocycles. The molecule has 2 heterocycles. The second-order valence-electron chi connectivity index (χ2n) is 5.99. The fourth-order valence-electron chi connectivity index (χ4n) is 2.85. The number of piperazine rings is 1. The molecule has 1 aliphatic rings. The van der Waals surface area contributed by atoms with Gasteiger partial charge in [0, 0.05) is 39.8 Å². The first-order chi connectivity index (χ1) is 12.3. The maximum atomic E-state index is 12.5. The van der Waals surface area contributed by atoms with Crippen molar-refractivity contribution in [2.24, 2.45) is 0 Å². The van der Waals surface area contributed by atoms with Gasteiger partial charge in [-0.1, -0.05) is 18.2 Å². The van der Waals surface area contributed by atoms with Crippen molar-refractivity contribution in [2.75, 3.05) is 46.4 Å². The first-order valence-electron chi connectivity index (χ1n) is 8.53. The molecule has 2 aromatic rings. The third kappa shape index (κ3) is 4.84. The lowest BCUT2D eigenvalue weighted by Gasteiger charge is -2.34. The average Bonchev–Trinajstić information content (AvgIpc) is 3.12. The third-order valence-electron chi connectivity index (χ3n) is 4.24. The first-order valence-corrected chi connectivity index (χ1v) is 8.53. The molecule has 6 nitrogen and oxygen atoms in total. The van der Waals surface area contributed by atoms with Crippen molar-refractivity contribution in [2.45, 2.75) is 6.61 Å². The predicted octanol–water partition coefficient (Wildman–Crippen LogP) is 2.26. The lowest BCUT2D eigenvalue weighted by atomic mass is 10.3. The number of rotatable bonds is 7. The maximum Gasteiger partial charge on any atom is 0.289 e. The molecule has 6 heteroatoms. The van der Waals surface area contributed by atoms with Crippen LogP contribution in [0.25, 0.3) is 0 Å². The monoisotopic (exact) mass is 344 g/mol. The molecule has 1 amide bonds. The molecule has 0 saturated carbocycles. The van der Waals surface area contributed by atoms with E-state index in [0.717, 1.165) is 25.4 Å². The summed E-state index contributed by atoms with van der Waals surface area (Å²) in [5.41, 5.74) is 0. The molecule has 0 atom stereocenters. The summed E-state index contributed by atoms with van der Waals surface area (Å²) in [7, 11) is 1.60. The van der Waals surface area contributed by atoms with Gasteiger partial charge in [-0.15, -0.1) is 0 Å². The highest BCUT2D eigenvalue weighted by Gasteiger charge is 2.24. The van der Waals surface area contributed by atoms with E-state index in [0.29, 0.717) is 37.8 Å². The van der Waals surface area contributed by atoms with E-state index in [-0.39, 0.29) is 5.91 Å². The molecule has 25 heavy (non-hydrogen) atoms. The molecule has 1 fully saturated rings. The van der Waals surface area contributed by atoms with E-state index >= 15 is 0 Å². The molecule has 0 aliphatic carbocycles. The lowest BCUT2D eigenvalue weighted by molar-refractivity contribution is 0.0584. The number of nitrogens with zero attached hydrogens (tertiary/aromatic N) is 2. The van der Waals surface area contributed by atoms with Crippen LogP contribution in [0.15, 0.2) is 46.9 Å². The van der Waals surface area contributed by atoms with Crippen LogP contribution in [0.3, 0.4) is 0 Å². The van der Waals surface area contributed by atoms with Crippen LogP contribution in [0.5, 0.6) is 5.75 Å². The Kier molecular flexibility index (Phi) is 6.09. The van der Waals surface area contributed by atoms with E-state index in [9.17, 15) is 4.79 Å². The molecule has 1 aliphatic heterocycles. The Morgan fingerprint density at radius 1 is 1.08 bits per heavy atom. The number of hydrogen-bond donors (Lipinski definition) is 0. The van der Waals surface area contributed by atoms with Crippen molar-refractivity contribution in [3.63, 3.8) is 0 Å². The lowest BCUT2D eigenvalue weighted by Crippen LogP contribution is -2.49. The molecule has 0 N–H and O–H groups in total. The van der Waals surface area contributed by atoms with Gasteiger partial charge in [-0.05, 0) is 24.3 Å². The minimum Gasteiger partial charge on any atom is -0.492 e. The number of carbonyl (C=O) groups is 1. The van der Waals surface area contributed by atoms with Crippen LogP contribution in [0.4, 0.5) is 0 Å². The fourth-order valence-corrected chi connectivity index (χ4v) is 2.85. The van der Waals surface area contributed by atoms with Crippen molar-refractivity contribution < 1.29 is 18.7 Å². The zero-order valence-electron chi connectivity index (χ0n) is 14.5. The molecular weight excluding hydrogens is 320 g/mol. The summed E-state index contributed by atoms with van der Waals surface area (Å²) in [6.07, 6.45) is 0. The van der Waals surface area contributed by atoms with Gasteiger partial charge in [-0.25, -0.2) is 0 Å². The van der Waals surface area contributed by atoms with Crippen molar-refractivity contribution in [1.29, 1.82) is 0 Å². The van der Waals surface area contributed by atoms with E-state index in [1.165, 1.54) is 0 Å². The minimum absolute atomic E-state index is 0.0532. The Bertz CT molecular complexity index is 663. The Morgan fingerprint density at radius 3 is 2.56 bits per heavy atom. The second kappa shape index (κ2) is 8.69. The van der Waals surface area contributed by atoms with Gasteiger partial charge in [0.25, 0.3) is 5.91 Å². The van der Waals surface area contributed by atoms with E-state index < -0.39 is 0 Å². The Morgan fingerprint density at radius 2 is 1.84 bits per heavy atom. The standard InChI is InChI=1S/C19H24N2O4/c1-23-15-17-7-8-18(25-17)19(22)21-11-9-20(10-12-21)13-14-24-16-5-3-2-4-6-16/h2-8H,9-15H2,1H3. The molecule has 1 aromatic heterocycles. The van der Waals surface area contributed by atoms with Gasteiger partial charge in [0.05, 0.1) is 0 Å². The quantitative estimate of drug-likeness (QED) is 0.771. The molecule has 0 bridgehead atoms. The molecule has 134 valence electrons. The smallest absolute Gasteiger partial charge is 0.289 e. The number of benzene rings is 1. The number of furan rings is 1. The molecule has 0 unspecified atom stereocenters. The first kappa shape index (κ1) is 17.5. The molecule has 0 spiro atoms. The summed E-state index contributed by atoms with van der Waals surface area (Å²) in [6.45, 7) is 4.97. The number of amides is 1. The topological polar surface area (TPSA) is 55.2 Å². The number of ether oxygens (including phenoxy) is 2. The van der Waals surface area contributed by atoms with E-state index in [1.807, 2.05) is 35.2 Å². The van der Waals surface area contributed by atoms with Gasteiger partial charge < -0.3 is 18.8 Å². The fraction of sp³-hybridized carbons (Fsp3) is 0.421. The van der Waals surface area contributed by atoms with E-state index in [4.69, 9.17) is 13.9 Å². The maximum absolute atomic E-state index is 12.5. The summed E-state index contributed by atoms with van der Waals surface area (Å²) in [5.74, 6) is 1.89. The Hall–Kier alpha value is -2.31. The van der Waals surface area contributed by atoms with E-state index in [2.05, 4.69) is 4.90 Å². The number of hydrogen-bond acceptors (Lipinski definition) is 5. The van der Waals surface area contributed by atoms with Crippen LogP contribution in [0.1, 0.15) is 16.3 Å². The summed E-state index contributed by atoms with van der Waals surface area (Å²) >= 11 is 0. The third-order valence-corrected chi connectivity index (χ3v) is 4.24. The molecule has 1 aromatic carbocycles. The van der Waals surface area contributed by atoms with Crippen LogP contribution in [-0.4, -0.2) is 62.1 Å². The largest absolute Gasteiger partial charge is 0.492 e. The summed E-state index contributed by atoms with van der Waals surface area (Å²) in [5, 5.41) is 0. The Balaban J connectivity index is 1.41. The Labute approximate surface area is 147 Å². The average molecular weight is 344 g/mol. The highest BCUT2D eigenvalue weighted by molar-refractivity contribution is 5.91. The minimum atomic E-state index is -0.0532. The van der Waals surface area contributed by atoms with Crippen LogP contribution < -0.4 is 4.74 Å². The number of carbonyl (C=O) groups excluding carboxylic acids is 1. The van der Waals surface area contributed by atoms with Crippen LogP contribution >= 0.6 is 0 Å². The van der Waals surface area contributed by atoms with Gasteiger partial charge in [-0.3, -0.25) is 9.69 Å². The second-order valence-corrected chi connectivity index (χ2v) is 5.99. The van der Waals surface area contributed by atoms with Gasteiger partial charge in [-0.2, -0.15) is 0 Å². The van der Waals surface area contributed by atoms with Gasteiger partial charge in [0.2, 0.25) is 0 Å². The van der Waals surface area contributed by atoms with Crippen LogP contribution in [0, 0.1) is 0 Å². The SMILES string of the molecule is COCc1ccc(C(=O)N2CCN(CCOc3ccccc3)CC2)o1. The normalized spacial score (nSPS) is 15.3. The van der Waals surface area contributed by atoms with Gasteiger partial charge in [0.15, 0.2) is 5.76 Å². The zero-order chi connectivity index (χ0) is 17.5. The van der Waals surface area contributed by atoms with Crippen LogP contribution in [-0.2, 0) is 11.3 Å². The van der Waals surface area contributed by atoms with E-state index in [1.54, 1.807) is 19.2 Å². The summed E-state index contributed by atoms with van der Waals surface area (Å²) in [4.78, 5) is 16.6. The number of para-hydroxylation sites is 1. The predicted molar refractivity (Wildman–Crippen MR) is 93.7 cm³/mol. The van der Waals surface area contributed by atoms with Gasteiger partial charge >= 0.3 is 0 Å². The highest BCUT2D eigenvalue weighted by Crippen LogP contribution is 2.14. The summed E-state index contributed by atoms with van der Waals surface area (Å²) < 4.78 is 16.3. The van der Waals surface area contributed by atoms with Crippen molar-refractivity contribution in [1.82, 2.24) is 9.80 Å². The highest BCUT2D eigenvalue weighted by atomic mass is 16.5. The summed E-state index contributed by atoms with van der Waals surface area (Å²) in [6, 6.07) is 13.3. The molecular formula is C19H24N2O4. The molecule has 0 radical (unpaired) electrons. The van der Waals surface area contributed by atoms with Crippen molar-refractivity contribution in [3.8, 4) is 5.75 Å². The van der Waals surface area contributed by atoms with Crippen LogP contribution in [0.2, 0.25) is 0 Å². The van der Waals surface area contributed by atoms with Crippen molar-refractivity contribution in [3.05, 3.63) is 54.0 Å².